The molecule has 5 heterocycles. The average molecular weight is 726 g/mol. The number of aryl methyl sites for hydroxylation is 3. The number of benzene rings is 1. The summed E-state index contributed by atoms with van der Waals surface area (Å²) in [6.45, 7) is 11.3. The van der Waals surface area contributed by atoms with Gasteiger partial charge in [-0.25, -0.2) is 9.78 Å². The second-order valence-corrected chi connectivity index (χ2v) is 15.0. The van der Waals surface area contributed by atoms with E-state index in [1.807, 2.05) is 55.7 Å². The van der Waals surface area contributed by atoms with Crippen LogP contribution < -0.4 is 9.64 Å². The van der Waals surface area contributed by atoms with Gasteiger partial charge in [0.25, 0.3) is 0 Å². The number of pyridine rings is 2. The van der Waals surface area contributed by atoms with Crippen LogP contribution in [0.1, 0.15) is 111 Å². The summed E-state index contributed by atoms with van der Waals surface area (Å²) in [5.41, 5.74) is 7.51. The summed E-state index contributed by atoms with van der Waals surface area (Å²) in [6.07, 6.45) is 7.43. The molecule has 1 aromatic carbocycles. The maximum Gasteiger partial charge on any atom is 0.420 e. The van der Waals surface area contributed by atoms with Crippen LogP contribution in [0.3, 0.4) is 0 Å². The van der Waals surface area contributed by atoms with E-state index in [4.69, 9.17) is 24.2 Å². The van der Waals surface area contributed by atoms with E-state index in [2.05, 4.69) is 12.1 Å². The molecule has 0 bridgehead atoms. The van der Waals surface area contributed by atoms with Gasteiger partial charge in [0.2, 0.25) is 11.8 Å². The lowest BCUT2D eigenvalue weighted by atomic mass is 9.93. The molecule has 4 aliphatic rings. The number of nitrogens with zero attached hydrogens (tertiary/aromatic N) is 5. The number of carbonyl (C=O) groups excluding carboxylic acids is 3. The van der Waals surface area contributed by atoms with Gasteiger partial charge in [-0.1, -0.05) is 38.1 Å². The first kappa shape index (κ1) is 38.4. The molecule has 0 saturated carbocycles. The predicted octanol–water partition coefficient (Wildman–Crippen LogP) is 7.15. The molecule has 7 rings (SSSR count). The highest BCUT2D eigenvalue weighted by Crippen LogP contribution is 2.33. The van der Waals surface area contributed by atoms with Crippen molar-refractivity contribution in [1.29, 1.82) is 0 Å². The Hall–Kier alpha value is -4.35. The number of carbonyl (C=O) groups is 3. The summed E-state index contributed by atoms with van der Waals surface area (Å²) >= 11 is 0. The quantitative estimate of drug-likeness (QED) is 0.229. The molecule has 3 aromatic rings. The van der Waals surface area contributed by atoms with Gasteiger partial charge >= 0.3 is 6.09 Å². The van der Waals surface area contributed by atoms with Crippen LogP contribution in [0.4, 0.5) is 10.6 Å². The molecule has 3 amide bonds. The number of para-hydroxylation sites is 1. The van der Waals surface area contributed by atoms with Crippen LogP contribution in [0.2, 0.25) is 0 Å². The summed E-state index contributed by atoms with van der Waals surface area (Å²) in [7, 11) is 3.36. The highest BCUT2D eigenvalue weighted by Gasteiger charge is 2.33. The maximum atomic E-state index is 12.9. The van der Waals surface area contributed by atoms with Crippen molar-refractivity contribution in [3.05, 3.63) is 81.8 Å². The molecule has 284 valence electrons. The lowest BCUT2D eigenvalue weighted by Crippen LogP contribution is -2.39. The molecule has 0 radical (unpaired) electrons. The molecule has 4 atom stereocenters. The maximum absolute atomic E-state index is 12.9. The Balaban J connectivity index is 0.000000192. The van der Waals surface area contributed by atoms with E-state index >= 15 is 0 Å². The fraction of sp³-hybridized carbons (Fsp3) is 0.548. The van der Waals surface area contributed by atoms with E-state index in [0.717, 1.165) is 79.7 Å². The molecule has 3 aliphatic heterocycles. The topological polar surface area (TPSA) is 114 Å². The minimum absolute atomic E-state index is 0.0302. The molecule has 0 spiro atoms. The Bertz CT molecular complexity index is 1780. The number of likely N-dealkylation sites (tertiary alicyclic amines) is 2. The molecule has 2 saturated heterocycles. The highest BCUT2D eigenvalue weighted by atomic mass is 16.6. The van der Waals surface area contributed by atoms with Gasteiger partial charge in [-0.05, 0) is 106 Å². The van der Waals surface area contributed by atoms with Crippen LogP contribution in [-0.4, -0.2) is 71.5 Å². The number of anilines is 1. The summed E-state index contributed by atoms with van der Waals surface area (Å²) in [5.74, 6) is 1.81. The molecule has 2 aromatic heterocycles. The fourth-order valence-corrected chi connectivity index (χ4v) is 7.77. The Morgan fingerprint density at radius 1 is 0.755 bits per heavy atom. The molecular formula is C42H55N5O6. The number of ether oxygens (including phenoxy) is 3. The highest BCUT2D eigenvalue weighted by molar-refractivity contribution is 5.89. The van der Waals surface area contributed by atoms with Gasteiger partial charge in [0, 0.05) is 64.5 Å². The minimum atomic E-state index is -0.438. The molecule has 11 heteroatoms. The van der Waals surface area contributed by atoms with Crippen molar-refractivity contribution in [1.82, 2.24) is 19.8 Å². The van der Waals surface area contributed by atoms with Gasteiger partial charge < -0.3 is 24.0 Å². The van der Waals surface area contributed by atoms with Crippen LogP contribution >= 0.6 is 0 Å². The number of amides is 3. The van der Waals surface area contributed by atoms with Gasteiger partial charge in [0.05, 0.1) is 23.6 Å². The molecule has 4 unspecified atom stereocenters. The van der Waals surface area contributed by atoms with Gasteiger partial charge in [-0.3, -0.25) is 19.5 Å². The zero-order valence-corrected chi connectivity index (χ0v) is 32.2. The molecule has 1 aliphatic carbocycles. The van der Waals surface area contributed by atoms with E-state index in [-0.39, 0.29) is 35.9 Å². The first-order valence-corrected chi connectivity index (χ1v) is 19.3. The third kappa shape index (κ3) is 8.73. The molecule has 11 nitrogen and oxygen atoms in total. The van der Waals surface area contributed by atoms with Gasteiger partial charge in [0.1, 0.15) is 11.6 Å². The molecule has 53 heavy (non-hydrogen) atoms. The third-order valence-corrected chi connectivity index (χ3v) is 11.2. The van der Waals surface area contributed by atoms with Crippen molar-refractivity contribution in [2.75, 3.05) is 38.8 Å². The Kier molecular flexibility index (Phi) is 12.5. The summed E-state index contributed by atoms with van der Waals surface area (Å²) in [4.78, 5) is 52.8. The number of hydrogen-bond donors (Lipinski definition) is 0. The van der Waals surface area contributed by atoms with Crippen molar-refractivity contribution in [2.45, 2.75) is 104 Å². The standard InChI is InChI=1S/C24H29N3O4.C18H26N2O2/c1-16-11-13-26(23(16)28)15-19-14-18-8-7-12-27(22(18)25-21(19)17(2)30-3)24(29)31-20-9-5-4-6-10-20;1-12-8-9-20(18(12)21)11-15-10-14-6-4-5-7-16(14)19-17(15)13(2)22-3/h4-6,9-10,14,16-17H,7-8,11-13,15H2,1-3H3;10,12-13H,4-9,11H2,1-3H3. The summed E-state index contributed by atoms with van der Waals surface area (Å²) in [5, 5.41) is 0. The second-order valence-electron chi connectivity index (χ2n) is 15.0. The largest absolute Gasteiger partial charge is 0.420 e. The van der Waals surface area contributed by atoms with Gasteiger partial charge in [0.15, 0.2) is 0 Å². The van der Waals surface area contributed by atoms with Crippen LogP contribution in [0.5, 0.6) is 5.75 Å². The third-order valence-electron chi connectivity index (χ3n) is 11.2. The zero-order valence-electron chi connectivity index (χ0n) is 32.2. The van der Waals surface area contributed by atoms with Crippen molar-refractivity contribution >= 4 is 23.7 Å². The van der Waals surface area contributed by atoms with Gasteiger partial charge in [-0.2, -0.15) is 0 Å². The zero-order chi connectivity index (χ0) is 37.6. The van der Waals surface area contributed by atoms with Crippen molar-refractivity contribution in [3.63, 3.8) is 0 Å². The first-order chi connectivity index (χ1) is 25.6. The lowest BCUT2D eigenvalue weighted by molar-refractivity contribution is -0.131. The van der Waals surface area contributed by atoms with Crippen molar-refractivity contribution in [2.24, 2.45) is 11.8 Å². The first-order valence-electron chi connectivity index (χ1n) is 19.3. The van der Waals surface area contributed by atoms with Crippen molar-refractivity contribution in [3.8, 4) is 5.75 Å². The Morgan fingerprint density at radius 3 is 1.87 bits per heavy atom. The normalized spacial score (nSPS) is 20.8. The number of methoxy groups -OCH3 is 2. The van der Waals surface area contributed by atoms with E-state index in [1.165, 1.54) is 24.1 Å². The van der Waals surface area contributed by atoms with Crippen LogP contribution in [0.15, 0.2) is 42.5 Å². The van der Waals surface area contributed by atoms with E-state index in [1.54, 1.807) is 31.3 Å². The Labute approximate surface area is 314 Å². The lowest BCUT2D eigenvalue weighted by Gasteiger charge is -2.30. The van der Waals surface area contributed by atoms with E-state index in [9.17, 15) is 14.4 Å². The van der Waals surface area contributed by atoms with Crippen LogP contribution in [-0.2, 0) is 51.4 Å². The average Bonchev–Trinajstić information content (AvgIpc) is 3.67. The van der Waals surface area contributed by atoms with Gasteiger partial charge in [-0.15, -0.1) is 0 Å². The fourth-order valence-electron chi connectivity index (χ4n) is 7.77. The Morgan fingerprint density at radius 2 is 1.30 bits per heavy atom. The number of fused-ring (bicyclic) bond motifs is 2. The summed E-state index contributed by atoms with van der Waals surface area (Å²) in [6, 6.07) is 13.4. The monoisotopic (exact) mass is 725 g/mol. The van der Waals surface area contributed by atoms with Crippen LogP contribution in [0, 0.1) is 11.8 Å². The summed E-state index contributed by atoms with van der Waals surface area (Å²) < 4.78 is 16.6. The van der Waals surface area contributed by atoms with Crippen molar-refractivity contribution < 1.29 is 28.6 Å². The SMILES string of the molecule is COC(C)c1nc2c(cc1CN1CCC(C)C1=O)CCCC2.COC(C)c1nc2c(cc1CN1CCC(C)C1=O)CCCN2C(=O)Oc1ccccc1. The minimum Gasteiger partial charge on any atom is -0.410 e. The van der Waals surface area contributed by atoms with E-state index < -0.39 is 6.09 Å². The molecule has 2 fully saturated rings. The smallest absolute Gasteiger partial charge is 0.410 e. The van der Waals surface area contributed by atoms with E-state index in [0.29, 0.717) is 31.2 Å². The molecular weight excluding hydrogens is 670 g/mol. The predicted molar refractivity (Wildman–Crippen MR) is 202 cm³/mol. The second kappa shape index (κ2) is 17.2. The number of aromatic nitrogens is 2. The van der Waals surface area contributed by atoms with Crippen LogP contribution in [0.25, 0.3) is 0 Å². The number of rotatable bonds is 9. The molecule has 0 N–H and O–H groups in total. The number of hydrogen-bond acceptors (Lipinski definition) is 8.